The van der Waals surface area contributed by atoms with Gasteiger partial charge in [0, 0.05) is 0 Å². The lowest BCUT2D eigenvalue weighted by molar-refractivity contribution is 0.443. The van der Waals surface area contributed by atoms with Gasteiger partial charge in [-0.1, -0.05) is 12.4 Å². The van der Waals surface area contributed by atoms with Crippen molar-refractivity contribution in [3.63, 3.8) is 0 Å². The van der Waals surface area contributed by atoms with E-state index in [0.717, 1.165) is 6.07 Å². The maximum atomic E-state index is 12.6. The van der Waals surface area contributed by atoms with E-state index in [1.54, 1.807) is 7.85 Å². The molecular weight excluding hydrogens is 152 g/mol. The number of hydrogen-bond acceptors (Lipinski definition) is 0. The molecule has 0 saturated heterocycles. The molecule has 0 radical (unpaired) electrons. The minimum atomic E-state index is -1.38. The molecule has 0 aliphatic heterocycles. The summed E-state index contributed by atoms with van der Waals surface area (Å²) < 4.78 is 37.4. The van der Waals surface area contributed by atoms with E-state index in [1.807, 2.05) is 0 Å². The van der Waals surface area contributed by atoms with Gasteiger partial charge in [-0.05, 0) is 11.6 Å². The Hall–Kier alpha value is -0.925. The molecule has 1 aromatic rings. The van der Waals surface area contributed by atoms with Crippen LogP contribution in [0.15, 0.2) is 12.1 Å². The van der Waals surface area contributed by atoms with Gasteiger partial charge in [-0.15, -0.1) is 0 Å². The maximum absolute atomic E-state index is 12.6. The lowest BCUT2D eigenvalue weighted by atomic mass is 9.96. The maximum Gasteiger partial charge on any atom is 0.194 e. The Bertz CT molecular complexity index is 273. The van der Waals surface area contributed by atoms with E-state index >= 15 is 0 Å². The standard InChI is InChI=1S/C7H6BF3/c8-3-4-1-2-5(9)7(11)6(4)10/h1-2H,3,8H2. The molecule has 0 saturated carbocycles. The molecule has 0 bridgehead atoms. The molecule has 0 nitrogen and oxygen atoms in total. The SMILES string of the molecule is BCc1ccc(F)c(F)c1F. The van der Waals surface area contributed by atoms with Gasteiger partial charge in [0.15, 0.2) is 17.5 Å². The molecule has 0 fully saturated rings. The van der Waals surface area contributed by atoms with Crippen molar-refractivity contribution in [3.8, 4) is 0 Å². The van der Waals surface area contributed by atoms with Crippen LogP contribution in [-0.2, 0) is 6.32 Å². The number of rotatable bonds is 1. The smallest absolute Gasteiger partial charge is 0.194 e. The zero-order chi connectivity index (χ0) is 8.43. The van der Waals surface area contributed by atoms with Gasteiger partial charge in [0.2, 0.25) is 0 Å². The van der Waals surface area contributed by atoms with Gasteiger partial charge >= 0.3 is 0 Å². The molecule has 0 amide bonds. The molecular formula is C7H6BF3. The predicted octanol–water partition coefficient (Wildman–Crippen LogP) is 1.24. The van der Waals surface area contributed by atoms with Crippen molar-refractivity contribution >= 4 is 7.85 Å². The van der Waals surface area contributed by atoms with Crippen molar-refractivity contribution in [2.24, 2.45) is 0 Å². The average Bonchev–Trinajstić information content (AvgIpc) is 2.01. The number of hydrogen-bond donors (Lipinski definition) is 0. The van der Waals surface area contributed by atoms with Crippen molar-refractivity contribution in [2.45, 2.75) is 6.32 Å². The highest BCUT2D eigenvalue weighted by atomic mass is 19.2. The van der Waals surface area contributed by atoms with E-state index < -0.39 is 17.5 Å². The van der Waals surface area contributed by atoms with Gasteiger partial charge in [0.05, 0.1) is 0 Å². The third-order valence-electron chi connectivity index (χ3n) is 1.50. The molecule has 0 aromatic heterocycles. The molecule has 0 aliphatic rings. The van der Waals surface area contributed by atoms with Crippen molar-refractivity contribution < 1.29 is 13.2 Å². The van der Waals surface area contributed by atoms with Gasteiger partial charge in [-0.25, -0.2) is 13.2 Å². The Kier molecular flexibility index (Phi) is 2.22. The summed E-state index contributed by atoms with van der Waals surface area (Å²) in [5.41, 5.74) is 0.198. The Labute approximate surface area is 63.4 Å². The lowest BCUT2D eigenvalue weighted by Gasteiger charge is -1.99. The largest absolute Gasteiger partial charge is 0.204 e. The second kappa shape index (κ2) is 2.99. The first kappa shape index (κ1) is 8.17. The highest BCUT2D eigenvalue weighted by Gasteiger charge is 2.10. The van der Waals surface area contributed by atoms with Crippen molar-refractivity contribution in [1.82, 2.24) is 0 Å². The third-order valence-corrected chi connectivity index (χ3v) is 1.50. The summed E-state index contributed by atoms with van der Waals surface area (Å²) in [7, 11) is 1.68. The van der Waals surface area contributed by atoms with E-state index in [1.165, 1.54) is 6.07 Å². The van der Waals surface area contributed by atoms with E-state index in [0.29, 0.717) is 6.32 Å². The molecule has 58 valence electrons. The first-order valence-electron chi connectivity index (χ1n) is 3.29. The zero-order valence-electron chi connectivity index (χ0n) is 6.00. The average molecular weight is 158 g/mol. The zero-order valence-corrected chi connectivity index (χ0v) is 6.00. The normalized spacial score (nSPS) is 10.1. The van der Waals surface area contributed by atoms with Gasteiger partial charge in [0.1, 0.15) is 7.85 Å². The summed E-state index contributed by atoms with van der Waals surface area (Å²) in [6.07, 6.45) is 0.364. The summed E-state index contributed by atoms with van der Waals surface area (Å²) in [5.74, 6) is -3.60. The fourth-order valence-electron chi connectivity index (χ4n) is 0.839. The van der Waals surface area contributed by atoms with Crippen LogP contribution in [0.5, 0.6) is 0 Å². The molecule has 0 spiro atoms. The molecule has 0 unspecified atom stereocenters. The first-order valence-corrected chi connectivity index (χ1v) is 3.29. The minimum Gasteiger partial charge on any atom is -0.204 e. The van der Waals surface area contributed by atoms with Crippen LogP contribution in [0.2, 0.25) is 0 Å². The molecule has 0 N–H and O–H groups in total. The second-order valence-electron chi connectivity index (χ2n) is 2.19. The fraction of sp³-hybridized carbons (Fsp3) is 0.143. The Balaban J connectivity index is 3.25. The van der Waals surface area contributed by atoms with Crippen molar-refractivity contribution in [1.29, 1.82) is 0 Å². The Morgan fingerprint density at radius 1 is 1.09 bits per heavy atom. The van der Waals surface area contributed by atoms with Crippen LogP contribution in [0.4, 0.5) is 13.2 Å². The number of benzene rings is 1. The Morgan fingerprint density at radius 3 is 2.27 bits per heavy atom. The second-order valence-corrected chi connectivity index (χ2v) is 2.19. The number of halogens is 3. The molecule has 4 heteroatoms. The van der Waals surface area contributed by atoms with Crippen LogP contribution in [0.25, 0.3) is 0 Å². The van der Waals surface area contributed by atoms with E-state index in [-0.39, 0.29) is 5.56 Å². The van der Waals surface area contributed by atoms with Crippen LogP contribution in [0.3, 0.4) is 0 Å². The van der Waals surface area contributed by atoms with Crippen LogP contribution in [0.1, 0.15) is 5.56 Å². The van der Waals surface area contributed by atoms with Gasteiger partial charge in [-0.3, -0.25) is 0 Å². The lowest BCUT2D eigenvalue weighted by Crippen LogP contribution is -1.97. The van der Waals surface area contributed by atoms with Crippen LogP contribution in [-0.4, -0.2) is 7.85 Å². The molecule has 0 heterocycles. The van der Waals surface area contributed by atoms with Crippen LogP contribution >= 0.6 is 0 Å². The van der Waals surface area contributed by atoms with E-state index in [2.05, 4.69) is 0 Å². The molecule has 1 aromatic carbocycles. The highest BCUT2D eigenvalue weighted by Crippen LogP contribution is 2.14. The van der Waals surface area contributed by atoms with Crippen LogP contribution < -0.4 is 0 Å². The van der Waals surface area contributed by atoms with Crippen LogP contribution in [0, 0.1) is 17.5 Å². The highest BCUT2D eigenvalue weighted by molar-refractivity contribution is 6.08. The summed E-state index contributed by atoms with van der Waals surface area (Å²) in [5, 5.41) is 0. The van der Waals surface area contributed by atoms with E-state index in [9.17, 15) is 13.2 Å². The first-order chi connectivity index (χ1) is 5.16. The van der Waals surface area contributed by atoms with Crippen molar-refractivity contribution in [3.05, 3.63) is 35.1 Å². The summed E-state index contributed by atoms with van der Waals surface area (Å²) in [6, 6.07) is 2.17. The predicted molar refractivity (Wildman–Crippen MR) is 38.6 cm³/mol. The monoisotopic (exact) mass is 158 g/mol. The molecule has 11 heavy (non-hydrogen) atoms. The van der Waals surface area contributed by atoms with Gasteiger partial charge < -0.3 is 0 Å². The minimum absolute atomic E-state index is 0.198. The molecule has 1 rings (SSSR count). The summed E-state index contributed by atoms with van der Waals surface area (Å²) >= 11 is 0. The fourth-order valence-corrected chi connectivity index (χ4v) is 0.839. The topological polar surface area (TPSA) is 0 Å². The summed E-state index contributed by atoms with van der Waals surface area (Å²) in [4.78, 5) is 0. The van der Waals surface area contributed by atoms with Crippen molar-refractivity contribution in [2.75, 3.05) is 0 Å². The summed E-state index contributed by atoms with van der Waals surface area (Å²) in [6.45, 7) is 0. The van der Waals surface area contributed by atoms with E-state index in [4.69, 9.17) is 0 Å². The molecule has 0 atom stereocenters. The Morgan fingerprint density at radius 2 is 1.73 bits per heavy atom. The quantitative estimate of drug-likeness (QED) is 0.426. The van der Waals surface area contributed by atoms with Gasteiger partial charge in [-0.2, -0.15) is 0 Å². The van der Waals surface area contributed by atoms with Gasteiger partial charge in [0.25, 0.3) is 0 Å². The third kappa shape index (κ3) is 1.39. The molecule has 0 aliphatic carbocycles.